The lowest BCUT2D eigenvalue weighted by Crippen LogP contribution is -2.31. The van der Waals surface area contributed by atoms with Crippen molar-refractivity contribution in [3.05, 3.63) is 34.9 Å². The lowest BCUT2D eigenvalue weighted by molar-refractivity contribution is -0.126. The van der Waals surface area contributed by atoms with Crippen molar-refractivity contribution in [3.63, 3.8) is 0 Å². The highest BCUT2D eigenvalue weighted by atomic mass is 16.1. The summed E-state index contributed by atoms with van der Waals surface area (Å²) in [4.78, 5) is 12.6. The van der Waals surface area contributed by atoms with Crippen molar-refractivity contribution in [1.29, 1.82) is 0 Å². The van der Waals surface area contributed by atoms with Gasteiger partial charge in [-0.1, -0.05) is 32.1 Å². The largest absolute Gasteiger partial charge is 0.299 e. The summed E-state index contributed by atoms with van der Waals surface area (Å²) in [6.45, 7) is 4.58. The molecule has 0 N–H and O–H groups in total. The summed E-state index contributed by atoms with van der Waals surface area (Å²) >= 11 is 0. The lowest BCUT2D eigenvalue weighted by Gasteiger charge is -2.33. The van der Waals surface area contributed by atoms with Crippen LogP contribution < -0.4 is 0 Å². The van der Waals surface area contributed by atoms with Gasteiger partial charge in [-0.05, 0) is 73.5 Å². The van der Waals surface area contributed by atoms with Gasteiger partial charge >= 0.3 is 0 Å². The SMILES string of the molecule is CC1CCCC=C(CC(=O)C2CCC2C)C2=CCCC=C21. The minimum Gasteiger partial charge on any atom is -0.299 e. The number of hydrogen-bond donors (Lipinski definition) is 0. The summed E-state index contributed by atoms with van der Waals surface area (Å²) in [7, 11) is 0. The van der Waals surface area contributed by atoms with Gasteiger partial charge in [0.2, 0.25) is 0 Å². The molecule has 1 fully saturated rings. The van der Waals surface area contributed by atoms with E-state index in [-0.39, 0.29) is 0 Å². The molecule has 0 radical (unpaired) electrons. The third-order valence-corrected chi connectivity index (χ3v) is 5.70. The van der Waals surface area contributed by atoms with Crippen LogP contribution in [0.25, 0.3) is 0 Å². The first kappa shape index (κ1) is 14.8. The Morgan fingerprint density at radius 2 is 1.86 bits per heavy atom. The third kappa shape index (κ3) is 3.07. The molecular weight excluding hydrogens is 256 g/mol. The minimum atomic E-state index is 0.338. The van der Waals surface area contributed by atoms with Crippen molar-refractivity contribution in [2.75, 3.05) is 0 Å². The van der Waals surface area contributed by atoms with Gasteiger partial charge in [-0.2, -0.15) is 0 Å². The van der Waals surface area contributed by atoms with E-state index in [1.54, 1.807) is 0 Å². The summed E-state index contributed by atoms with van der Waals surface area (Å²) in [5, 5.41) is 0. The molecule has 3 aliphatic rings. The predicted molar refractivity (Wildman–Crippen MR) is 88.0 cm³/mol. The number of allylic oxidation sites excluding steroid dienone is 6. The Hall–Kier alpha value is -1.11. The quantitative estimate of drug-likeness (QED) is 0.679. The molecule has 0 aromatic heterocycles. The third-order valence-electron chi connectivity index (χ3n) is 5.70. The molecule has 0 bridgehead atoms. The van der Waals surface area contributed by atoms with Crippen LogP contribution in [0.5, 0.6) is 0 Å². The second kappa shape index (κ2) is 6.34. The highest BCUT2D eigenvalue weighted by Crippen LogP contribution is 2.40. The van der Waals surface area contributed by atoms with Gasteiger partial charge in [0.15, 0.2) is 0 Å². The van der Waals surface area contributed by atoms with Crippen molar-refractivity contribution in [2.24, 2.45) is 17.8 Å². The molecule has 0 aromatic rings. The van der Waals surface area contributed by atoms with E-state index in [0.29, 0.717) is 30.0 Å². The first-order valence-corrected chi connectivity index (χ1v) is 8.79. The predicted octanol–water partition coefficient (Wildman–Crippen LogP) is 5.38. The molecule has 3 rings (SSSR count). The fraction of sp³-hybridized carbons (Fsp3) is 0.650. The van der Waals surface area contributed by atoms with Gasteiger partial charge in [0, 0.05) is 12.3 Å². The van der Waals surface area contributed by atoms with Crippen molar-refractivity contribution in [3.8, 4) is 0 Å². The molecule has 0 saturated heterocycles. The summed E-state index contributed by atoms with van der Waals surface area (Å²) in [6.07, 6.45) is 16.2. The zero-order valence-corrected chi connectivity index (χ0v) is 13.5. The zero-order valence-electron chi connectivity index (χ0n) is 13.5. The second-order valence-electron chi connectivity index (χ2n) is 7.22. The van der Waals surface area contributed by atoms with Gasteiger partial charge in [0.1, 0.15) is 5.78 Å². The van der Waals surface area contributed by atoms with Crippen LogP contribution in [0.1, 0.15) is 65.2 Å². The van der Waals surface area contributed by atoms with Crippen LogP contribution in [0.3, 0.4) is 0 Å². The fourth-order valence-electron chi connectivity index (χ4n) is 4.07. The lowest BCUT2D eigenvalue weighted by atomic mass is 9.70. The molecular formula is C20H28O. The van der Waals surface area contributed by atoms with Gasteiger partial charge in [0.25, 0.3) is 0 Å². The Kier molecular flexibility index (Phi) is 4.47. The number of fused-ring (bicyclic) bond motifs is 1. The average molecular weight is 284 g/mol. The van der Waals surface area contributed by atoms with Gasteiger partial charge in [-0.3, -0.25) is 4.79 Å². The summed E-state index contributed by atoms with van der Waals surface area (Å²) in [5.41, 5.74) is 4.26. The zero-order chi connectivity index (χ0) is 14.8. The highest BCUT2D eigenvalue weighted by molar-refractivity contribution is 5.85. The molecule has 3 aliphatic carbocycles. The number of carbonyl (C=O) groups excluding carboxylic acids is 1. The van der Waals surface area contributed by atoms with Crippen LogP contribution in [0.4, 0.5) is 0 Å². The summed E-state index contributed by atoms with van der Waals surface area (Å²) < 4.78 is 0. The van der Waals surface area contributed by atoms with Gasteiger partial charge < -0.3 is 0 Å². The maximum absolute atomic E-state index is 12.6. The van der Waals surface area contributed by atoms with Gasteiger partial charge in [-0.25, -0.2) is 0 Å². The Labute approximate surface area is 129 Å². The van der Waals surface area contributed by atoms with Crippen molar-refractivity contribution >= 4 is 5.78 Å². The van der Waals surface area contributed by atoms with E-state index < -0.39 is 0 Å². The van der Waals surface area contributed by atoms with Crippen LogP contribution in [0.2, 0.25) is 0 Å². The Balaban J connectivity index is 1.80. The molecule has 1 saturated carbocycles. The molecule has 114 valence electrons. The normalized spacial score (nSPS) is 32.7. The topological polar surface area (TPSA) is 17.1 Å². The van der Waals surface area contributed by atoms with Crippen LogP contribution in [-0.2, 0) is 4.79 Å². The van der Waals surface area contributed by atoms with E-state index in [0.717, 1.165) is 19.3 Å². The monoisotopic (exact) mass is 284 g/mol. The van der Waals surface area contributed by atoms with E-state index in [4.69, 9.17) is 0 Å². The maximum atomic E-state index is 12.6. The molecule has 0 amide bonds. The molecule has 0 aromatic carbocycles. The molecule has 3 unspecified atom stereocenters. The Bertz CT molecular complexity index is 506. The molecule has 0 aliphatic heterocycles. The van der Waals surface area contributed by atoms with Crippen LogP contribution in [-0.4, -0.2) is 5.78 Å². The number of rotatable bonds is 3. The van der Waals surface area contributed by atoms with E-state index in [1.807, 2.05) is 0 Å². The van der Waals surface area contributed by atoms with Crippen molar-refractivity contribution in [1.82, 2.24) is 0 Å². The first-order chi connectivity index (χ1) is 10.2. The smallest absolute Gasteiger partial charge is 0.140 e. The van der Waals surface area contributed by atoms with Crippen LogP contribution >= 0.6 is 0 Å². The van der Waals surface area contributed by atoms with Crippen molar-refractivity contribution in [2.45, 2.75) is 65.2 Å². The van der Waals surface area contributed by atoms with E-state index in [9.17, 15) is 4.79 Å². The summed E-state index contributed by atoms with van der Waals surface area (Å²) in [5.74, 6) is 2.09. The number of ketones is 1. The number of carbonyl (C=O) groups is 1. The van der Waals surface area contributed by atoms with Crippen molar-refractivity contribution < 1.29 is 4.79 Å². The molecule has 21 heavy (non-hydrogen) atoms. The van der Waals surface area contributed by atoms with E-state index in [2.05, 4.69) is 32.1 Å². The van der Waals surface area contributed by atoms with Gasteiger partial charge in [0.05, 0.1) is 0 Å². The van der Waals surface area contributed by atoms with Crippen LogP contribution in [0.15, 0.2) is 34.9 Å². The Morgan fingerprint density at radius 1 is 1.05 bits per heavy atom. The first-order valence-electron chi connectivity index (χ1n) is 8.79. The molecule has 0 heterocycles. The van der Waals surface area contributed by atoms with Crippen LogP contribution in [0, 0.1) is 17.8 Å². The second-order valence-corrected chi connectivity index (χ2v) is 7.22. The molecule has 3 atom stereocenters. The molecule has 1 nitrogen and oxygen atoms in total. The number of Topliss-reactive ketones (excluding diaryl/α,β-unsaturated/α-hetero) is 1. The molecule has 0 spiro atoms. The minimum absolute atomic E-state index is 0.338. The average Bonchev–Trinajstić information content (AvgIpc) is 2.47. The van der Waals surface area contributed by atoms with E-state index >= 15 is 0 Å². The highest BCUT2D eigenvalue weighted by Gasteiger charge is 2.33. The molecule has 1 heteroatoms. The fourth-order valence-corrected chi connectivity index (χ4v) is 4.07. The van der Waals surface area contributed by atoms with Gasteiger partial charge in [-0.15, -0.1) is 0 Å². The summed E-state index contributed by atoms with van der Waals surface area (Å²) in [6, 6.07) is 0. The standard InChI is InChI=1S/C20H28O/c1-14-7-3-4-8-16(19-10-6-5-9-17(14)19)13-20(21)18-12-11-15(18)2/h8-10,14-15,18H,3-7,11-13H2,1-2H3. The Morgan fingerprint density at radius 3 is 2.57 bits per heavy atom. The maximum Gasteiger partial charge on any atom is 0.140 e. The van der Waals surface area contributed by atoms with E-state index in [1.165, 1.54) is 42.4 Å². The number of hydrogen-bond acceptors (Lipinski definition) is 1.